The first-order valence-electron chi connectivity index (χ1n) is 7.97. The van der Waals surface area contributed by atoms with Crippen LogP contribution in [0.25, 0.3) is 0 Å². The summed E-state index contributed by atoms with van der Waals surface area (Å²) in [4.78, 5) is 0. The second-order valence-corrected chi connectivity index (χ2v) is 8.70. The van der Waals surface area contributed by atoms with E-state index in [0.29, 0.717) is 11.7 Å². The van der Waals surface area contributed by atoms with Gasteiger partial charge in [0.05, 0.1) is 0 Å². The van der Waals surface area contributed by atoms with Crippen LogP contribution < -0.4 is 5.73 Å². The molecule has 0 bridgehead atoms. The van der Waals surface area contributed by atoms with E-state index in [9.17, 15) is 5.11 Å². The molecule has 1 atom stereocenters. The second kappa shape index (κ2) is 6.00. The van der Waals surface area contributed by atoms with Gasteiger partial charge in [0.25, 0.3) is 0 Å². The molecule has 0 spiro atoms. The van der Waals surface area contributed by atoms with Crippen molar-refractivity contribution < 1.29 is 5.11 Å². The Labute approximate surface area is 130 Å². The lowest BCUT2D eigenvalue weighted by Crippen LogP contribution is -2.20. The van der Waals surface area contributed by atoms with Gasteiger partial charge < -0.3 is 10.8 Å². The van der Waals surface area contributed by atoms with Crippen LogP contribution in [0.3, 0.4) is 0 Å². The third-order valence-corrected chi connectivity index (χ3v) is 3.90. The van der Waals surface area contributed by atoms with E-state index in [1.165, 1.54) is 0 Å². The van der Waals surface area contributed by atoms with Crippen molar-refractivity contribution in [3.63, 3.8) is 0 Å². The molecule has 2 heteroatoms. The van der Waals surface area contributed by atoms with Crippen LogP contribution in [0.15, 0.2) is 12.1 Å². The van der Waals surface area contributed by atoms with E-state index < -0.39 is 0 Å². The topological polar surface area (TPSA) is 46.2 Å². The van der Waals surface area contributed by atoms with Crippen LogP contribution in [-0.4, -0.2) is 5.11 Å². The minimum Gasteiger partial charge on any atom is -0.507 e. The molecule has 3 N–H and O–H groups in total. The Hall–Kier alpha value is -1.02. The van der Waals surface area contributed by atoms with E-state index >= 15 is 0 Å². The van der Waals surface area contributed by atoms with E-state index in [-0.39, 0.29) is 16.9 Å². The van der Waals surface area contributed by atoms with Gasteiger partial charge in [-0.2, -0.15) is 0 Å². The summed E-state index contributed by atoms with van der Waals surface area (Å²) in [7, 11) is 0. The number of hydrogen-bond acceptors (Lipinski definition) is 2. The Balaban J connectivity index is 3.48. The summed E-state index contributed by atoms with van der Waals surface area (Å²) < 4.78 is 0. The molecule has 0 unspecified atom stereocenters. The second-order valence-electron chi connectivity index (χ2n) is 8.70. The lowest BCUT2D eigenvalue weighted by atomic mass is 9.77. The fourth-order valence-electron chi connectivity index (χ4n) is 2.66. The van der Waals surface area contributed by atoms with Gasteiger partial charge in [-0.05, 0) is 39.9 Å². The van der Waals surface area contributed by atoms with Gasteiger partial charge in [-0.15, -0.1) is 0 Å². The molecule has 0 aliphatic carbocycles. The molecule has 0 aliphatic rings. The van der Waals surface area contributed by atoms with Gasteiger partial charge in [-0.1, -0.05) is 67.5 Å². The summed E-state index contributed by atoms with van der Waals surface area (Å²) in [5.41, 5.74) is 9.30. The molecule has 1 rings (SSSR count). The quantitative estimate of drug-likeness (QED) is 0.820. The lowest BCUT2D eigenvalue weighted by Gasteiger charge is -2.29. The fraction of sp³-hybridized carbons (Fsp3) is 0.684. The number of phenolic OH excluding ortho intramolecular Hbond substituents is 1. The van der Waals surface area contributed by atoms with Crippen LogP contribution in [0.1, 0.15) is 84.5 Å². The smallest absolute Gasteiger partial charge is 0.123 e. The fourth-order valence-corrected chi connectivity index (χ4v) is 2.66. The SMILES string of the molecule is CC(C)C[C@H](N)c1cc(C(C)(C)C)c(O)c(C(C)(C)C)c1. The van der Waals surface area contributed by atoms with E-state index in [4.69, 9.17) is 5.73 Å². The summed E-state index contributed by atoms with van der Waals surface area (Å²) in [6, 6.07) is 4.21. The number of hydrogen-bond donors (Lipinski definition) is 2. The van der Waals surface area contributed by atoms with Gasteiger partial charge in [0.1, 0.15) is 5.75 Å². The number of nitrogens with two attached hydrogens (primary N) is 1. The summed E-state index contributed by atoms with van der Waals surface area (Å²) >= 11 is 0. The molecule has 2 nitrogen and oxygen atoms in total. The van der Waals surface area contributed by atoms with Crippen LogP contribution in [0.5, 0.6) is 5.75 Å². The van der Waals surface area contributed by atoms with Gasteiger partial charge in [0.15, 0.2) is 0 Å². The number of benzene rings is 1. The highest BCUT2D eigenvalue weighted by Crippen LogP contribution is 2.41. The molecular weight excluding hydrogens is 258 g/mol. The lowest BCUT2D eigenvalue weighted by molar-refractivity contribution is 0.421. The Morgan fingerprint density at radius 2 is 1.33 bits per heavy atom. The van der Waals surface area contributed by atoms with Crippen molar-refractivity contribution in [2.45, 2.75) is 78.7 Å². The Kier molecular flexibility index (Phi) is 5.15. The van der Waals surface area contributed by atoms with Crippen LogP contribution in [0, 0.1) is 5.92 Å². The maximum atomic E-state index is 10.7. The van der Waals surface area contributed by atoms with Crippen LogP contribution in [0.2, 0.25) is 0 Å². The van der Waals surface area contributed by atoms with Crippen LogP contribution in [0.4, 0.5) is 0 Å². The average Bonchev–Trinajstić information content (AvgIpc) is 2.24. The molecule has 21 heavy (non-hydrogen) atoms. The van der Waals surface area contributed by atoms with Gasteiger partial charge in [-0.25, -0.2) is 0 Å². The zero-order valence-electron chi connectivity index (χ0n) is 15.0. The minimum absolute atomic E-state index is 0.0211. The maximum Gasteiger partial charge on any atom is 0.123 e. The van der Waals surface area contributed by atoms with Crippen LogP contribution in [-0.2, 0) is 10.8 Å². The highest BCUT2D eigenvalue weighted by atomic mass is 16.3. The summed E-state index contributed by atoms with van der Waals surface area (Å²) in [6.45, 7) is 17.2. The summed E-state index contributed by atoms with van der Waals surface area (Å²) in [5.74, 6) is 0.987. The predicted molar refractivity (Wildman–Crippen MR) is 91.9 cm³/mol. The average molecular weight is 291 g/mol. The molecule has 1 aromatic carbocycles. The standard InChI is InChI=1S/C19H33NO/c1-12(2)9-16(20)13-10-14(18(3,4)5)17(21)15(11-13)19(6,7)8/h10-12,16,21H,9,20H2,1-8H3/t16-/m0/s1. The molecule has 0 aromatic heterocycles. The van der Waals surface area contributed by atoms with Crippen molar-refractivity contribution in [2.75, 3.05) is 0 Å². The van der Waals surface area contributed by atoms with Crippen LogP contribution >= 0.6 is 0 Å². The molecule has 0 saturated carbocycles. The highest BCUT2D eigenvalue weighted by Gasteiger charge is 2.27. The number of phenols is 1. The minimum atomic E-state index is -0.0996. The van der Waals surface area contributed by atoms with Crippen molar-refractivity contribution >= 4 is 0 Å². The molecular formula is C19H33NO. The largest absolute Gasteiger partial charge is 0.507 e. The molecule has 1 aromatic rings. The van der Waals surface area contributed by atoms with Gasteiger partial charge in [0, 0.05) is 6.04 Å². The first-order chi connectivity index (χ1) is 9.34. The highest BCUT2D eigenvalue weighted by molar-refractivity contribution is 5.50. The predicted octanol–water partition coefficient (Wildman–Crippen LogP) is 5.03. The van der Waals surface area contributed by atoms with Crippen molar-refractivity contribution in [3.8, 4) is 5.75 Å². The number of aromatic hydroxyl groups is 1. The van der Waals surface area contributed by atoms with Crippen molar-refractivity contribution in [3.05, 3.63) is 28.8 Å². The third-order valence-electron chi connectivity index (χ3n) is 3.90. The molecule has 0 fully saturated rings. The van der Waals surface area contributed by atoms with Gasteiger partial charge in [-0.3, -0.25) is 0 Å². The van der Waals surface area contributed by atoms with E-state index in [2.05, 4.69) is 67.5 Å². The zero-order valence-corrected chi connectivity index (χ0v) is 15.0. The molecule has 0 radical (unpaired) electrons. The zero-order chi connectivity index (χ0) is 16.6. The monoisotopic (exact) mass is 291 g/mol. The number of rotatable bonds is 3. The Morgan fingerprint density at radius 1 is 0.952 bits per heavy atom. The van der Waals surface area contributed by atoms with Gasteiger partial charge in [0.2, 0.25) is 0 Å². The normalized spacial score (nSPS) is 14.6. The third kappa shape index (κ3) is 4.47. The first kappa shape index (κ1) is 18.0. The van der Waals surface area contributed by atoms with Crippen molar-refractivity contribution in [2.24, 2.45) is 11.7 Å². The maximum absolute atomic E-state index is 10.7. The molecule has 0 heterocycles. The van der Waals surface area contributed by atoms with Crippen molar-refractivity contribution in [1.29, 1.82) is 0 Å². The summed E-state index contributed by atoms with van der Waals surface area (Å²) in [5, 5.41) is 10.7. The van der Waals surface area contributed by atoms with Crippen molar-refractivity contribution in [1.82, 2.24) is 0 Å². The van der Waals surface area contributed by atoms with Gasteiger partial charge >= 0.3 is 0 Å². The molecule has 0 saturated heterocycles. The molecule has 0 aliphatic heterocycles. The summed E-state index contributed by atoms with van der Waals surface area (Å²) in [6.07, 6.45) is 0.956. The first-order valence-corrected chi connectivity index (χ1v) is 7.97. The Morgan fingerprint density at radius 3 is 1.62 bits per heavy atom. The Bertz CT molecular complexity index is 454. The molecule has 120 valence electrons. The van der Waals surface area contributed by atoms with E-state index in [0.717, 1.165) is 23.1 Å². The molecule has 0 amide bonds. The van der Waals surface area contributed by atoms with E-state index in [1.54, 1.807) is 0 Å². The van der Waals surface area contributed by atoms with E-state index in [1.807, 2.05) is 0 Å².